The molecule has 1 atom stereocenters. The van der Waals surface area contributed by atoms with Gasteiger partial charge in [-0.2, -0.15) is 0 Å². The standard InChI is InChI=1S/C14H20N2O4S/c1-5-9(13(15)21)14(17)16-8-6-10(18-2)12(20-4)11(7-8)19-3/h6-7,9H,5H2,1-4H3,(H2,15,21)(H,16,17). The molecule has 0 spiro atoms. The van der Waals surface area contributed by atoms with Gasteiger partial charge in [0.05, 0.1) is 32.2 Å². The van der Waals surface area contributed by atoms with Crippen molar-refractivity contribution in [1.82, 2.24) is 0 Å². The van der Waals surface area contributed by atoms with Crippen LogP contribution in [0.3, 0.4) is 0 Å². The molecule has 0 aliphatic heterocycles. The molecule has 0 saturated carbocycles. The largest absolute Gasteiger partial charge is 0.493 e. The van der Waals surface area contributed by atoms with Crippen LogP contribution in [0.5, 0.6) is 17.2 Å². The molecule has 0 aliphatic carbocycles. The molecular weight excluding hydrogens is 292 g/mol. The highest BCUT2D eigenvalue weighted by Gasteiger charge is 2.21. The van der Waals surface area contributed by atoms with E-state index in [0.717, 1.165) is 0 Å². The number of thiocarbonyl (C=S) groups is 1. The van der Waals surface area contributed by atoms with E-state index in [0.29, 0.717) is 29.4 Å². The summed E-state index contributed by atoms with van der Waals surface area (Å²) >= 11 is 4.89. The third kappa shape index (κ3) is 3.98. The van der Waals surface area contributed by atoms with Crippen molar-refractivity contribution in [3.63, 3.8) is 0 Å². The summed E-state index contributed by atoms with van der Waals surface area (Å²) in [7, 11) is 4.53. The third-order valence-electron chi connectivity index (χ3n) is 3.00. The SMILES string of the molecule is CCC(C(=O)Nc1cc(OC)c(OC)c(OC)c1)C(N)=S. The Hall–Kier alpha value is -2.02. The van der Waals surface area contributed by atoms with Gasteiger partial charge >= 0.3 is 0 Å². The first-order chi connectivity index (χ1) is 9.98. The Labute approximate surface area is 129 Å². The van der Waals surface area contributed by atoms with Gasteiger partial charge in [-0.05, 0) is 6.42 Å². The molecule has 6 nitrogen and oxygen atoms in total. The summed E-state index contributed by atoms with van der Waals surface area (Å²) in [4.78, 5) is 12.3. The number of hydrogen-bond acceptors (Lipinski definition) is 5. The maximum Gasteiger partial charge on any atom is 0.234 e. The number of methoxy groups -OCH3 is 3. The molecule has 3 N–H and O–H groups in total. The Morgan fingerprint density at radius 2 is 1.76 bits per heavy atom. The van der Waals surface area contributed by atoms with E-state index in [1.807, 2.05) is 6.92 Å². The first kappa shape index (κ1) is 17.0. The minimum atomic E-state index is -0.515. The van der Waals surface area contributed by atoms with Crippen LogP contribution in [0.15, 0.2) is 12.1 Å². The second-order valence-electron chi connectivity index (χ2n) is 4.27. The van der Waals surface area contributed by atoms with Crippen LogP contribution in [-0.2, 0) is 4.79 Å². The number of carbonyl (C=O) groups is 1. The van der Waals surface area contributed by atoms with E-state index in [9.17, 15) is 4.79 Å². The van der Waals surface area contributed by atoms with Crippen molar-refractivity contribution >= 4 is 28.8 Å². The van der Waals surface area contributed by atoms with Crippen LogP contribution in [0.4, 0.5) is 5.69 Å². The topological polar surface area (TPSA) is 82.8 Å². The van der Waals surface area contributed by atoms with Gasteiger partial charge in [-0.3, -0.25) is 4.79 Å². The van der Waals surface area contributed by atoms with Gasteiger partial charge in [0, 0.05) is 17.8 Å². The van der Waals surface area contributed by atoms with Crippen LogP contribution in [0, 0.1) is 5.92 Å². The van der Waals surface area contributed by atoms with Crippen molar-refractivity contribution in [3.8, 4) is 17.2 Å². The second kappa shape index (κ2) is 7.68. The average molecular weight is 312 g/mol. The molecule has 1 unspecified atom stereocenters. The number of rotatable bonds is 7. The van der Waals surface area contributed by atoms with Gasteiger partial charge in [0.15, 0.2) is 11.5 Å². The van der Waals surface area contributed by atoms with Crippen LogP contribution >= 0.6 is 12.2 Å². The molecule has 0 aromatic heterocycles. The Morgan fingerprint density at radius 3 is 2.10 bits per heavy atom. The summed E-state index contributed by atoms with van der Waals surface area (Å²) in [5, 5.41) is 2.75. The number of ether oxygens (including phenoxy) is 3. The van der Waals surface area contributed by atoms with Gasteiger partial charge in [-0.25, -0.2) is 0 Å². The van der Waals surface area contributed by atoms with Gasteiger partial charge in [0.2, 0.25) is 11.7 Å². The van der Waals surface area contributed by atoms with Crippen LogP contribution in [0.25, 0.3) is 0 Å². The molecule has 1 rings (SSSR count). The van der Waals surface area contributed by atoms with E-state index in [1.54, 1.807) is 12.1 Å². The predicted molar refractivity (Wildman–Crippen MR) is 85.3 cm³/mol. The highest BCUT2D eigenvalue weighted by Crippen LogP contribution is 2.40. The fourth-order valence-corrected chi connectivity index (χ4v) is 2.17. The van der Waals surface area contributed by atoms with E-state index in [2.05, 4.69) is 5.32 Å². The summed E-state index contributed by atoms with van der Waals surface area (Å²) in [6.45, 7) is 1.85. The minimum absolute atomic E-state index is 0.169. The van der Waals surface area contributed by atoms with Gasteiger partial charge in [-0.1, -0.05) is 19.1 Å². The molecule has 0 aliphatic rings. The molecule has 0 fully saturated rings. The van der Waals surface area contributed by atoms with E-state index in [4.69, 9.17) is 32.2 Å². The monoisotopic (exact) mass is 312 g/mol. The lowest BCUT2D eigenvalue weighted by Gasteiger charge is -2.17. The lowest BCUT2D eigenvalue weighted by Crippen LogP contribution is -2.32. The molecule has 1 aromatic rings. The first-order valence-corrected chi connectivity index (χ1v) is 6.79. The zero-order valence-corrected chi connectivity index (χ0v) is 13.4. The quantitative estimate of drug-likeness (QED) is 0.749. The molecule has 0 saturated heterocycles. The van der Waals surface area contributed by atoms with Gasteiger partial charge in [-0.15, -0.1) is 0 Å². The molecule has 0 bridgehead atoms. The van der Waals surface area contributed by atoms with Crippen LogP contribution in [0.1, 0.15) is 13.3 Å². The zero-order valence-electron chi connectivity index (χ0n) is 12.6. The van der Waals surface area contributed by atoms with Crippen LogP contribution < -0.4 is 25.3 Å². The summed E-state index contributed by atoms with van der Waals surface area (Å²) in [6.07, 6.45) is 0.533. The van der Waals surface area contributed by atoms with E-state index in [-0.39, 0.29) is 10.9 Å². The van der Waals surface area contributed by atoms with Crippen molar-refractivity contribution in [2.24, 2.45) is 11.7 Å². The van der Waals surface area contributed by atoms with Crippen molar-refractivity contribution < 1.29 is 19.0 Å². The predicted octanol–water partition coefficient (Wildman–Crippen LogP) is 1.96. The van der Waals surface area contributed by atoms with Gasteiger partial charge in [0.1, 0.15) is 0 Å². The summed E-state index contributed by atoms with van der Waals surface area (Å²) in [5.41, 5.74) is 6.08. The minimum Gasteiger partial charge on any atom is -0.493 e. The smallest absolute Gasteiger partial charge is 0.234 e. The molecule has 1 amide bonds. The van der Waals surface area contributed by atoms with Crippen molar-refractivity contribution in [1.29, 1.82) is 0 Å². The molecule has 21 heavy (non-hydrogen) atoms. The fraction of sp³-hybridized carbons (Fsp3) is 0.429. The molecule has 116 valence electrons. The van der Waals surface area contributed by atoms with E-state index >= 15 is 0 Å². The Morgan fingerprint density at radius 1 is 1.24 bits per heavy atom. The fourth-order valence-electron chi connectivity index (χ4n) is 1.90. The zero-order chi connectivity index (χ0) is 16.0. The second-order valence-corrected chi connectivity index (χ2v) is 4.74. The van der Waals surface area contributed by atoms with Gasteiger partial charge < -0.3 is 25.3 Å². The third-order valence-corrected chi connectivity index (χ3v) is 3.28. The average Bonchev–Trinajstić information content (AvgIpc) is 2.46. The molecule has 7 heteroatoms. The highest BCUT2D eigenvalue weighted by molar-refractivity contribution is 7.80. The van der Waals surface area contributed by atoms with Crippen LogP contribution in [-0.4, -0.2) is 32.2 Å². The normalized spacial score (nSPS) is 11.4. The van der Waals surface area contributed by atoms with Crippen LogP contribution in [0.2, 0.25) is 0 Å². The maximum atomic E-state index is 12.1. The first-order valence-electron chi connectivity index (χ1n) is 6.38. The Kier molecular flexibility index (Phi) is 6.23. The van der Waals surface area contributed by atoms with Gasteiger partial charge in [0.25, 0.3) is 0 Å². The number of benzene rings is 1. The Balaban J connectivity index is 3.09. The summed E-state index contributed by atoms with van der Waals surface area (Å²) < 4.78 is 15.7. The molecule has 0 radical (unpaired) electrons. The number of anilines is 1. The Bertz CT molecular complexity index is 509. The molecule has 0 heterocycles. The molecular formula is C14H20N2O4S. The van der Waals surface area contributed by atoms with Crippen molar-refractivity contribution in [2.45, 2.75) is 13.3 Å². The van der Waals surface area contributed by atoms with E-state index < -0.39 is 5.92 Å². The number of carbonyl (C=O) groups excluding carboxylic acids is 1. The maximum absolute atomic E-state index is 12.1. The lowest BCUT2D eigenvalue weighted by atomic mass is 10.1. The lowest BCUT2D eigenvalue weighted by molar-refractivity contribution is -0.118. The molecule has 1 aromatic carbocycles. The number of hydrogen-bond donors (Lipinski definition) is 2. The van der Waals surface area contributed by atoms with E-state index in [1.165, 1.54) is 21.3 Å². The summed E-state index contributed by atoms with van der Waals surface area (Å²) in [5.74, 6) is 0.587. The number of nitrogens with one attached hydrogen (secondary N) is 1. The number of nitrogens with two attached hydrogens (primary N) is 1. The summed E-state index contributed by atoms with van der Waals surface area (Å²) in [6, 6.07) is 3.29. The number of amides is 1. The van der Waals surface area contributed by atoms with Crippen molar-refractivity contribution in [3.05, 3.63) is 12.1 Å². The van der Waals surface area contributed by atoms with Crippen molar-refractivity contribution in [2.75, 3.05) is 26.6 Å². The highest BCUT2D eigenvalue weighted by atomic mass is 32.1.